The number of hydrogen-bond acceptors (Lipinski definition) is 4. The Morgan fingerprint density at radius 1 is 1.15 bits per heavy atom. The van der Waals surface area contributed by atoms with E-state index < -0.39 is 0 Å². The van der Waals surface area contributed by atoms with E-state index in [1.54, 1.807) is 14.2 Å². The monoisotopic (exact) mass is 322 g/mol. The van der Waals surface area contributed by atoms with Gasteiger partial charge in [-0.15, -0.1) is 24.8 Å². The van der Waals surface area contributed by atoms with E-state index in [4.69, 9.17) is 15.2 Å². The van der Waals surface area contributed by atoms with E-state index >= 15 is 0 Å². The summed E-state index contributed by atoms with van der Waals surface area (Å²) in [5, 5.41) is 0. The number of halogens is 2. The van der Waals surface area contributed by atoms with Crippen molar-refractivity contribution in [2.45, 2.75) is 18.4 Å². The molecule has 1 aliphatic rings. The van der Waals surface area contributed by atoms with E-state index in [2.05, 4.69) is 18.0 Å². The summed E-state index contributed by atoms with van der Waals surface area (Å²) in [6.07, 6.45) is 1.04. The SMILES string of the molecule is COc1ccc([C@@H]2CN(C)CC[C@@H]2N)cc1OC.Cl.Cl. The smallest absolute Gasteiger partial charge is 0.160 e. The number of rotatable bonds is 3. The molecule has 0 aliphatic carbocycles. The van der Waals surface area contributed by atoms with Gasteiger partial charge in [0.25, 0.3) is 0 Å². The first-order valence-corrected chi connectivity index (χ1v) is 6.31. The summed E-state index contributed by atoms with van der Waals surface area (Å²) in [5.41, 5.74) is 7.47. The maximum atomic E-state index is 6.24. The molecular formula is C14H24Cl2N2O2. The van der Waals surface area contributed by atoms with E-state index in [9.17, 15) is 0 Å². The number of nitrogens with two attached hydrogens (primary N) is 1. The summed E-state index contributed by atoms with van der Waals surface area (Å²) in [6, 6.07) is 6.31. The maximum Gasteiger partial charge on any atom is 0.160 e. The molecule has 6 heteroatoms. The first-order chi connectivity index (χ1) is 8.65. The summed E-state index contributed by atoms with van der Waals surface area (Å²) in [4.78, 5) is 2.32. The van der Waals surface area contributed by atoms with Crippen LogP contribution in [0.1, 0.15) is 17.9 Å². The van der Waals surface area contributed by atoms with Crippen LogP contribution in [0.4, 0.5) is 0 Å². The van der Waals surface area contributed by atoms with Crippen LogP contribution in [0.3, 0.4) is 0 Å². The molecule has 2 atom stereocenters. The van der Waals surface area contributed by atoms with Crippen molar-refractivity contribution >= 4 is 24.8 Å². The van der Waals surface area contributed by atoms with E-state index in [0.717, 1.165) is 31.0 Å². The Morgan fingerprint density at radius 3 is 2.40 bits per heavy atom. The van der Waals surface area contributed by atoms with Crippen LogP contribution >= 0.6 is 24.8 Å². The molecule has 1 saturated heterocycles. The lowest BCUT2D eigenvalue weighted by Gasteiger charge is -2.35. The first kappa shape index (κ1) is 19.3. The number of piperidine rings is 1. The first-order valence-electron chi connectivity index (χ1n) is 6.31. The van der Waals surface area contributed by atoms with Gasteiger partial charge in [0.1, 0.15) is 0 Å². The highest BCUT2D eigenvalue weighted by molar-refractivity contribution is 5.85. The number of likely N-dealkylation sites (tertiary alicyclic amines) is 1. The van der Waals surface area contributed by atoms with Crippen molar-refractivity contribution in [3.63, 3.8) is 0 Å². The van der Waals surface area contributed by atoms with Gasteiger partial charge in [0.2, 0.25) is 0 Å². The fraction of sp³-hybridized carbons (Fsp3) is 0.571. The van der Waals surface area contributed by atoms with Crippen molar-refractivity contribution < 1.29 is 9.47 Å². The van der Waals surface area contributed by atoms with Crippen LogP contribution < -0.4 is 15.2 Å². The van der Waals surface area contributed by atoms with Crippen molar-refractivity contribution in [2.75, 3.05) is 34.4 Å². The summed E-state index contributed by atoms with van der Waals surface area (Å²) in [5.74, 6) is 1.90. The molecule has 116 valence electrons. The highest BCUT2D eigenvalue weighted by atomic mass is 35.5. The van der Waals surface area contributed by atoms with Crippen molar-refractivity contribution in [2.24, 2.45) is 5.73 Å². The molecule has 1 aliphatic heterocycles. The molecule has 1 heterocycles. The zero-order valence-corrected chi connectivity index (χ0v) is 13.8. The zero-order chi connectivity index (χ0) is 13.1. The molecule has 1 aromatic carbocycles. The molecule has 0 saturated carbocycles. The summed E-state index contributed by atoms with van der Waals surface area (Å²) >= 11 is 0. The lowest BCUT2D eigenvalue weighted by Crippen LogP contribution is -2.43. The number of nitrogens with zero attached hydrogens (tertiary/aromatic N) is 1. The minimum absolute atomic E-state index is 0. The fourth-order valence-electron chi connectivity index (χ4n) is 2.57. The quantitative estimate of drug-likeness (QED) is 0.927. The van der Waals surface area contributed by atoms with E-state index in [1.165, 1.54) is 5.56 Å². The van der Waals surface area contributed by atoms with Crippen molar-refractivity contribution in [3.05, 3.63) is 23.8 Å². The van der Waals surface area contributed by atoms with Gasteiger partial charge in [-0.1, -0.05) is 6.07 Å². The molecule has 2 rings (SSSR count). The minimum atomic E-state index is 0. The van der Waals surface area contributed by atoms with Crippen LogP contribution in [0.5, 0.6) is 11.5 Å². The molecule has 2 N–H and O–H groups in total. The fourth-order valence-corrected chi connectivity index (χ4v) is 2.57. The van der Waals surface area contributed by atoms with Crippen molar-refractivity contribution in [3.8, 4) is 11.5 Å². The van der Waals surface area contributed by atoms with Gasteiger partial charge in [-0.25, -0.2) is 0 Å². The summed E-state index contributed by atoms with van der Waals surface area (Å²) in [7, 11) is 5.45. The highest BCUT2D eigenvalue weighted by Gasteiger charge is 2.26. The molecule has 0 aromatic heterocycles. The zero-order valence-electron chi connectivity index (χ0n) is 12.2. The molecule has 0 unspecified atom stereocenters. The van der Waals surface area contributed by atoms with Crippen LogP contribution in [0.25, 0.3) is 0 Å². The molecule has 0 amide bonds. The molecular weight excluding hydrogens is 299 g/mol. The van der Waals surface area contributed by atoms with Crippen molar-refractivity contribution in [1.29, 1.82) is 0 Å². The average molecular weight is 323 g/mol. The Bertz CT molecular complexity index is 418. The largest absolute Gasteiger partial charge is 0.493 e. The minimum Gasteiger partial charge on any atom is -0.493 e. The Kier molecular flexibility index (Phi) is 8.28. The second-order valence-electron chi connectivity index (χ2n) is 4.94. The van der Waals surface area contributed by atoms with Gasteiger partial charge in [0.15, 0.2) is 11.5 Å². The molecule has 1 aromatic rings. The van der Waals surface area contributed by atoms with Crippen LogP contribution in [0.2, 0.25) is 0 Å². The van der Waals surface area contributed by atoms with E-state index in [1.807, 2.05) is 12.1 Å². The van der Waals surface area contributed by atoms with Gasteiger partial charge < -0.3 is 20.1 Å². The van der Waals surface area contributed by atoms with Gasteiger partial charge in [0, 0.05) is 18.5 Å². The van der Waals surface area contributed by atoms with Gasteiger partial charge in [0.05, 0.1) is 14.2 Å². The second-order valence-corrected chi connectivity index (χ2v) is 4.94. The van der Waals surface area contributed by atoms with Crippen molar-refractivity contribution in [1.82, 2.24) is 4.90 Å². The Hall–Kier alpha value is -0.680. The topological polar surface area (TPSA) is 47.7 Å². The maximum absolute atomic E-state index is 6.24. The molecule has 1 fully saturated rings. The number of methoxy groups -OCH3 is 2. The van der Waals surface area contributed by atoms with Crippen LogP contribution in [-0.2, 0) is 0 Å². The second kappa shape index (κ2) is 8.57. The summed E-state index contributed by atoms with van der Waals surface area (Å²) in [6.45, 7) is 2.07. The average Bonchev–Trinajstić information content (AvgIpc) is 2.40. The standard InChI is InChI=1S/C14H22N2O2.2ClH/c1-16-7-6-12(15)11(9-16)10-4-5-13(17-2)14(8-10)18-3;;/h4-5,8,11-12H,6-7,9,15H2,1-3H3;2*1H/t11-,12-;;/m0../s1. The Balaban J connectivity index is 0.00000180. The molecule has 20 heavy (non-hydrogen) atoms. The van der Waals surface area contributed by atoms with Gasteiger partial charge in [-0.2, -0.15) is 0 Å². The lowest BCUT2D eigenvalue weighted by molar-refractivity contribution is 0.228. The number of benzene rings is 1. The van der Waals surface area contributed by atoms with Crippen LogP contribution in [0, 0.1) is 0 Å². The number of likely N-dealkylation sites (N-methyl/N-ethyl adjacent to an activating group) is 1. The predicted octanol–water partition coefficient (Wildman–Crippen LogP) is 2.29. The van der Waals surface area contributed by atoms with Gasteiger partial charge in [-0.05, 0) is 37.7 Å². The highest BCUT2D eigenvalue weighted by Crippen LogP contribution is 2.33. The number of ether oxygens (including phenoxy) is 2. The third-order valence-corrected chi connectivity index (χ3v) is 3.71. The van der Waals surface area contributed by atoms with Crippen LogP contribution in [-0.4, -0.2) is 45.3 Å². The van der Waals surface area contributed by atoms with E-state index in [0.29, 0.717) is 5.92 Å². The normalized spacial score (nSPS) is 22.4. The third-order valence-electron chi connectivity index (χ3n) is 3.71. The van der Waals surface area contributed by atoms with Crippen LogP contribution in [0.15, 0.2) is 18.2 Å². The predicted molar refractivity (Wildman–Crippen MR) is 86.9 cm³/mol. The number of hydrogen-bond donors (Lipinski definition) is 1. The molecule has 0 spiro atoms. The lowest BCUT2D eigenvalue weighted by atomic mass is 9.86. The van der Waals surface area contributed by atoms with Gasteiger partial charge >= 0.3 is 0 Å². The Morgan fingerprint density at radius 2 is 1.80 bits per heavy atom. The Labute approximate surface area is 133 Å². The third kappa shape index (κ3) is 4.16. The molecule has 0 bridgehead atoms. The molecule has 0 radical (unpaired) electrons. The van der Waals surface area contributed by atoms with Gasteiger partial charge in [-0.3, -0.25) is 0 Å². The van der Waals surface area contributed by atoms with E-state index in [-0.39, 0.29) is 30.9 Å². The molecule has 4 nitrogen and oxygen atoms in total. The summed E-state index contributed by atoms with van der Waals surface area (Å²) < 4.78 is 10.6.